The maximum absolute atomic E-state index is 5.88. The van der Waals surface area contributed by atoms with Crippen LogP contribution < -0.4 is 9.47 Å². The highest BCUT2D eigenvalue weighted by Crippen LogP contribution is 2.30. The highest BCUT2D eigenvalue weighted by atomic mass is 32.1. The topological polar surface area (TPSA) is 49.2 Å². The Labute approximate surface area is 145 Å². The molecule has 0 aliphatic heterocycles. The molecule has 3 rings (SSSR count). The Morgan fingerprint density at radius 2 is 2.17 bits per heavy atom. The van der Waals surface area contributed by atoms with Crippen molar-refractivity contribution in [1.29, 1.82) is 0 Å². The molecule has 2 heterocycles. The molecule has 0 unspecified atom stereocenters. The van der Waals surface area contributed by atoms with Gasteiger partial charge in [0.05, 0.1) is 19.0 Å². The van der Waals surface area contributed by atoms with Crippen LogP contribution in [-0.2, 0) is 13.7 Å². The number of methoxy groups -OCH3 is 1. The van der Waals surface area contributed by atoms with Crippen LogP contribution in [0.25, 0.3) is 16.6 Å². The molecule has 0 atom stereocenters. The molecule has 6 heteroatoms. The second-order valence-electron chi connectivity index (χ2n) is 5.25. The van der Waals surface area contributed by atoms with Crippen LogP contribution in [-0.4, -0.2) is 21.9 Å². The van der Waals surface area contributed by atoms with Gasteiger partial charge in [-0.15, -0.1) is 11.3 Å². The lowest BCUT2D eigenvalue weighted by molar-refractivity contribution is 0.281. The Balaban J connectivity index is 1.71. The summed E-state index contributed by atoms with van der Waals surface area (Å²) in [5.74, 6) is 1.43. The summed E-state index contributed by atoms with van der Waals surface area (Å²) in [5.41, 5.74) is 2.98. The van der Waals surface area contributed by atoms with Crippen LogP contribution in [0.15, 0.2) is 42.0 Å². The van der Waals surface area contributed by atoms with Crippen LogP contribution in [0.1, 0.15) is 18.2 Å². The smallest absolute Gasteiger partial charge is 0.161 e. The highest BCUT2D eigenvalue weighted by Gasteiger charge is 2.09. The van der Waals surface area contributed by atoms with Crippen LogP contribution in [0.4, 0.5) is 0 Å². The number of aryl methyl sites for hydroxylation is 1. The van der Waals surface area contributed by atoms with E-state index in [0.29, 0.717) is 18.1 Å². The van der Waals surface area contributed by atoms with E-state index in [2.05, 4.69) is 10.1 Å². The molecule has 0 radical (unpaired) electrons. The van der Waals surface area contributed by atoms with Gasteiger partial charge in [-0.1, -0.05) is 18.2 Å². The van der Waals surface area contributed by atoms with Crippen LogP contribution in [0.2, 0.25) is 0 Å². The number of ether oxygens (including phenoxy) is 2. The van der Waals surface area contributed by atoms with Gasteiger partial charge in [0.2, 0.25) is 0 Å². The maximum atomic E-state index is 5.88. The first-order valence-electron chi connectivity index (χ1n) is 7.56. The van der Waals surface area contributed by atoms with E-state index >= 15 is 0 Å². The van der Waals surface area contributed by atoms with Gasteiger partial charge < -0.3 is 9.47 Å². The fourth-order valence-electron chi connectivity index (χ4n) is 2.29. The van der Waals surface area contributed by atoms with Gasteiger partial charge in [0.15, 0.2) is 11.5 Å². The van der Waals surface area contributed by atoms with Crippen molar-refractivity contribution >= 4 is 17.4 Å². The molecule has 0 amide bonds. The molecule has 0 fully saturated rings. The molecule has 1 aromatic carbocycles. The van der Waals surface area contributed by atoms with Crippen molar-refractivity contribution in [2.24, 2.45) is 7.05 Å². The van der Waals surface area contributed by atoms with Crippen molar-refractivity contribution < 1.29 is 9.47 Å². The lowest BCUT2D eigenvalue weighted by Gasteiger charge is -2.10. The molecule has 0 aliphatic carbocycles. The highest BCUT2D eigenvalue weighted by molar-refractivity contribution is 7.13. The van der Waals surface area contributed by atoms with E-state index in [-0.39, 0.29) is 0 Å². The monoisotopic (exact) mass is 341 g/mol. The molecule has 0 saturated heterocycles. The van der Waals surface area contributed by atoms with E-state index in [1.807, 2.05) is 62.1 Å². The quantitative estimate of drug-likeness (QED) is 0.675. The van der Waals surface area contributed by atoms with Gasteiger partial charge in [0, 0.05) is 24.2 Å². The van der Waals surface area contributed by atoms with Gasteiger partial charge in [-0.2, -0.15) is 5.10 Å². The average molecular weight is 341 g/mol. The largest absolute Gasteiger partial charge is 0.493 e. The first-order valence-corrected chi connectivity index (χ1v) is 8.44. The third-order valence-corrected chi connectivity index (χ3v) is 4.37. The third kappa shape index (κ3) is 3.65. The van der Waals surface area contributed by atoms with Crippen molar-refractivity contribution in [2.75, 3.05) is 7.11 Å². The summed E-state index contributed by atoms with van der Waals surface area (Å²) < 4.78 is 13.1. The van der Waals surface area contributed by atoms with Gasteiger partial charge >= 0.3 is 0 Å². The summed E-state index contributed by atoms with van der Waals surface area (Å²) in [6, 6.07) is 5.87. The van der Waals surface area contributed by atoms with Crippen molar-refractivity contribution in [1.82, 2.24) is 14.8 Å². The van der Waals surface area contributed by atoms with Crippen molar-refractivity contribution in [3.8, 4) is 22.1 Å². The zero-order valence-corrected chi connectivity index (χ0v) is 14.7. The van der Waals surface area contributed by atoms with E-state index in [9.17, 15) is 0 Å². The lowest BCUT2D eigenvalue weighted by atomic mass is 10.2. The normalized spacial score (nSPS) is 11.1. The van der Waals surface area contributed by atoms with Crippen molar-refractivity contribution in [3.63, 3.8) is 0 Å². The summed E-state index contributed by atoms with van der Waals surface area (Å²) in [7, 11) is 3.54. The van der Waals surface area contributed by atoms with Gasteiger partial charge in [-0.3, -0.25) is 4.68 Å². The number of hydrogen-bond acceptors (Lipinski definition) is 5. The summed E-state index contributed by atoms with van der Waals surface area (Å²) in [6.07, 6.45) is 7.77. The Bertz CT molecular complexity index is 852. The second kappa shape index (κ2) is 7.31. The number of benzene rings is 1. The minimum absolute atomic E-state index is 0.399. The van der Waals surface area contributed by atoms with E-state index < -0.39 is 0 Å². The molecule has 3 aromatic rings. The second-order valence-corrected chi connectivity index (χ2v) is 6.10. The molecule has 2 aromatic heterocycles. The van der Waals surface area contributed by atoms with Crippen LogP contribution in [0.5, 0.6) is 11.5 Å². The Kier molecular flexibility index (Phi) is 4.96. The maximum Gasteiger partial charge on any atom is 0.161 e. The van der Waals surface area contributed by atoms with Crippen LogP contribution in [0, 0.1) is 0 Å². The molecule has 0 spiro atoms. The van der Waals surface area contributed by atoms with E-state index in [4.69, 9.17) is 9.47 Å². The molecular formula is C18H19N3O2S. The summed E-state index contributed by atoms with van der Waals surface area (Å²) >= 11 is 1.59. The Morgan fingerprint density at radius 3 is 2.88 bits per heavy atom. The van der Waals surface area contributed by atoms with E-state index in [1.54, 1.807) is 23.1 Å². The van der Waals surface area contributed by atoms with Crippen LogP contribution in [0.3, 0.4) is 0 Å². The molecule has 0 saturated carbocycles. The first kappa shape index (κ1) is 16.3. The Morgan fingerprint density at radius 1 is 1.29 bits per heavy atom. The predicted octanol–water partition coefficient (Wildman–Crippen LogP) is 4.16. The zero-order chi connectivity index (χ0) is 16.9. The zero-order valence-electron chi connectivity index (χ0n) is 13.9. The fourth-order valence-corrected chi connectivity index (χ4v) is 3.07. The molecular weight excluding hydrogens is 322 g/mol. The number of thiazole rings is 1. The molecule has 0 aliphatic rings. The number of hydrogen-bond donors (Lipinski definition) is 0. The van der Waals surface area contributed by atoms with E-state index in [0.717, 1.165) is 21.8 Å². The molecule has 124 valence electrons. The van der Waals surface area contributed by atoms with Gasteiger partial charge in [-0.25, -0.2) is 4.98 Å². The minimum atomic E-state index is 0.399. The standard InChI is InChI=1S/C18H19N3O2S/c1-4-5-13-6-7-16(17(8-13)22-3)23-11-15-12-24-18(20-15)14-9-19-21(2)10-14/h4-10,12H,11H2,1-3H3/b5-4+. The molecule has 0 N–H and O–H groups in total. The number of allylic oxidation sites excluding steroid dienone is 1. The predicted molar refractivity (Wildman–Crippen MR) is 96.4 cm³/mol. The summed E-state index contributed by atoms with van der Waals surface area (Å²) in [4.78, 5) is 4.60. The summed E-state index contributed by atoms with van der Waals surface area (Å²) in [6.45, 7) is 2.38. The fraction of sp³-hybridized carbons (Fsp3) is 0.222. The number of aromatic nitrogens is 3. The molecule has 24 heavy (non-hydrogen) atoms. The van der Waals surface area contributed by atoms with Gasteiger partial charge in [0.1, 0.15) is 11.6 Å². The third-order valence-electron chi connectivity index (χ3n) is 3.43. The van der Waals surface area contributed by atoms with Crippen LogP contribution >= 0.6 is 11.3 Å². The van der Waals surface area contributed by atoms with Crippen molar-refractivity contribution in [2.45, 2.75) is 13.5 Å². The number of nitrogens with zero attached hydrogens (tertiary/aromatic N) is 3. The lowest BCUT2D eigenvalue weighted by Crippen LogP contribution is -1.98. The average Bonchev–Trinajstić information content (AvgIpc) is 3.22. The molecule has 0 bridgehead atoms. The Hall–Kier alpha value is -2.60. The summed E-state index contributed by atoms with van der Waals surface area (Å²) in [5, 5.41) is 7.12. The van der Waals surface area contributed by atoms with Gasteiger partial charge in [0.25, 0.3) is 0 Å². The van der Waals surface area contributed by atoms with Gasteiger partial charge in [-0.05, 0) is 24.6 Å². The van der Waals surface area contributed by atoms with Crippen molar-refractivity contribution in [3.05, 3.63) is 53.3 Å². The first-order chi connectivity index (χ1) is 11.7. The van der Waals surface area contributed by atoms with E-state index in [1.165, 1.54) is 0 Å². The molecule has 5 nitrogen and oxygen atoms in total. The number of rotatable bonds is 6. The SMILES string of the molecule is C/C=C/c1ccc(OCc2csc(-c3cnn(C)c3)n2)c(OC)c1. The minimum Gasteiger partial charge on any atom is -0.493 e.